The molecule has 0 N–H and O–H groups in total. The van der Waals surface area contributed by atoms with Gasteiger partial charge in [0.2, 0.25) is 0 Å². The van der Waals surface area contributed by atoms with Gasteiger partial charge in [0.05, 0.1) is 0 Å². The standard InChI is InChI=1S/C12H25O.Al.2H/c1-6-7-12(13,8-10(2)3)9-11(4)5;;;/h10-11H,6-9H2,1-5H3;;;/q-1;+1;;. The second-order valence-electron chi connectivity index (χ2n) is 5.33. The van der Waals surface area contributed by atoms with E-state index in [9.17, 15) is 0 Å². The van der Waals surface area contributed by atoms with Crippen LogP contribution in [-0.4, -0.2) is 22.2 Å². The van der Waals surface area contributed by atoms with Gasteiger partial charge in [-0.1, -0.05) is 41.0 Å². The summed E-state index contributed by atoms with van der Waals surface area (Å²) in [6.07, 6.45) is 4.92. The van der Waals surface area contributed by atoms with Crippen molar-refractivity contribution in [3.8, 4) is 0 Å². The number of rotatable bonds is 7. The van der Waals surface area contributed by atoms with Crippen LogP contribution in [0.3, 0.4) is 0 Å². The predicted octanol–water partition coefficient (Wildman–Crippen LogP) is 3.18. The Bertz CT molecular complexity index is 133. The fraction of sp³-hybridized carbons (Fsp3) is 1.00. The number of hydrogen-bond donors (Lipinski definition) is 0. The van der Waals surface area contributed by atoms with Crippen LogP contribution in [0.5, 0.6) is 0 Å². The van der Waals surface area contributed by atoms with Crippen LogP contribution in [0.4, 0.5) is 0 Å². The molecule has 0 fully saturated rings. The molecule has 0 unspecified atom stereocenters. The highest BCUT2D eigenvalue weighted by Gasteiger charge is 2.29. The molecule has 0 aromatic carbocycles. The molecule has 0 amide bonds. The third-order valence-corrected chi connectivity index (χ3v) is 3.57. The van der Waals surface area contributed by atoms with E-state index >= 15 is 0 Å². The summed E-state index contributed by atoms with van der Waals surface area (Å²) in [6, 6.07) is 0. The van der Waals surface area contributed by atoms with E-state index in [2.05, 4.69) is 34.6 Å². The Kier molecular flexibility index (Phi) is 7.12. The monoisotopic (exact) mass is 214 g/mol. The maximum Gasteiger partial charge on any atom is 0.410 e. The average Bonchev–Trinajstić information content (AvgIpc) is 2.02. The Morgan fingerprint density at radius 1 is 1.07 bits per heavy atom. The Hall–Kier alpha value is 0.492. The van der Waals surface area contributed by atoms with E-state index in [0.717, 1.165) is 28.5 Å². The largest absolute Gasteiger partial charge is 0.501 e. The van der Waals surface area contributed by atoms with Crippen molar-refractivity contribution in [1.29, 1.82) is 0 Å². The first-order valence-corrected chi connectivity index (χ1v) is 6.82. The Morgan fingerprint density at radius 3 is 1.71 bits per heavy atom. The minimum absolute atomic E-state index is 0.198. The Morgan fingerprint density at radius 2 is 1.50 bits per heavy atom. The van der Waals surface area contributed by atoms with Crippen LogP contribution in [0.1, 0.15) is 60.3 Å². The van der Waals surface area contributed by atoms with E-state index in [4.69, 9.17) is 3.79 Å². The molecule has 14 heavy (non-hydrogen) atoms. The maximum absolute atomic E-state index is 5.94. The van der Waals surface area contributed by atoms with Gasteiger partial charge >= 0.3 is 16.6 Å². The van der Waals surface area contributed by atoms with Gasteiger partial charge in [0.15, 0.2) is 0 Å². The third-order valence-electron chi connectivity index (χ3n) is 2.70. The van der Waals surface area contributed by atoms with Gasteiger partial charge in [0, 0.05) is 5.60 Å². The highest BCUT2D eigenvalue weighted by Crippen LogP contribution is 2.32. The first-order valence-electron chi connectivity index (χ1n) is 6.01. The fourth-order valence-electron chi connectivity index (χ4n) is 2.50. The molecule has 2 heteroatoms. The lowest BCUT2D eigenvalue weighted by molar-refractivity contribution is 0.0255. The molecule has 0 aliphatic carbocycles. The summed E-state index contributed by atoms with van der Waals surface area (Å²) in [5, 5.41) is 0. The molecule has 0 saturated heterocycles. The minimum Gasteiger partial charge on any atom is -0.501 e. The topological polar surface area (TPSA) is 9.23 Å². The number of hydrogen-bond acceptors (Lipinski definition) is 1. The molecule has 84 valence electrons. The van der Waals surface area contributed by atoms with Crippen molar-refractivity contribution in [3.05, 3.63) is 0 Å². The van der Waals surface area contributed by atoms with Crippen LogP contribution < -0.4 is 0 Å². The first-order chi connectivity index (χ1) is 6.45. The molecule has 0 aliphatic heterocycles. The molecule has 0 aromatic rings. The SMILES string of the molecule is CCCC(CC(C)C)(CC(C)C)[O][AlH2]. The third kappa shape index (κ3) is 5.39. The quantitative estimate of drug-likeness (QED) is 0.591. The zero-order chi connectivity index (χ0) is 11.2. The summed E-state index contributed by atoms with van der Waals surface area (Å²) in [6.45, 7) is 11.4. The van der Waals surface area contributed by atoms with E-state index in [0.29, 0.717) is 0 Å². The van der Waals surface area contributed by atoms with Crippen molar-refractivity contribution < 1.29 is 3.79 Å². The van der Waals surface area contributed by atoms with Crippen molar-refractivity contribution in [3.63, 3.8) is 0 Å². The summed E-state index contributed by atoms with van der Waals surface area (Å²) in [7, 11) is 0. The van der Waals surface area contributed by atoms with E-state index < -0.39 is 0 Å². The lowest BCUT2D eigenvalue weighted by atomic mass is 9.82. The van der Waals surface area contributed by atoms with Crippen LogP contribution in [0.2, 0.25) is 0 Å². The molecule has 0 aromatic heterocycles. The maximum atomic E-state index is 5.94. The molecule has 0 bridgehead atoms. The van der Waals surface area contributed by atoms with E-state index in [1.165, 1.54) is 25.7 Å². The second-order valence-corrected chi connectivity index (χ2v) is 5.74. The predicted molar refractivity (Wildman–Crippen MR) is 66.2 cm³/mol. The summed E-state index contributed by atoms with van der Waals surface area (Å²) in [4.78, 5) is 0. The van der Waals surface area contributed by atoms with Gasteiger partial charge in [-0.2, -0.15) is 0 Å². The van der Waals surface area contributed by atoms with Gasteiger partial charge in [0.25, 0.3) is 0 Å². The van der Waals surface area contributed by atoms with Crippen molar-refractivity contribution in [2.24, 2.45) is 11.8 Å². The second kappa shape index (κ2) is 6.88. The normalized spacial score (nSPS) is 12.8. The summed E-state index contributed by atoms with van der Waals surface area (Å²) < 4.78 is 5.94. The molecule has 0 saturated carbocycles. The van der Waals surface area contributed by atoms with Crippen molar-refractivity contribution in [2.45, 2.75) is 65.9 Å². The van der Waals surface area contributed by atoms with Gasteiger partial charge in [-0.3, -0.25) is 0 Å². The van der Waals surface area contributed by atoms with Crippen LogP contribution in [-0.2, 0) is 3.79 Å². The van der Waals surface area contributed by atoms with Gasteiger partial charge in [-0.05, 0) is 31.1 Å². The molecule has 1 nitrogen and oxygen atoms in total. The van der Waals surface area contributed by atoms with Gasteiger partial charge in [0.1, 0.15) is 0 Å². The molecule has 0 rings (SSSR count). The molecule has 0 aliphatic rings. The fourth-order valence-corrected chi connectivity index (χ4v) is 3.04. The van der Waals surface area contributed by atoms with Gasteiger partial charge in [-0.25, -0.2) is 0 Å². The Labute approximate surface area is 98.4 Å². The highest BCUT2D eigenvalue weighted by atomic mass is 27.1. The minimum atomic E-state index is 0.198. The smallest absolute Gasteiger partial charge is 0.410 e. The molecular weight excluding hydrogens is 187 g/mol. The summed E-state index contributed by atoms with van der Waals surface area (Å²) in [5.74, 6) is 1.49. The summed E-state index contributed by atoms with van der Waals surface area (Å²) in [5.41, 5.74) is 0.198. The van der Waals surface area contributed by atoms with Crippen LogP contribution in [0, 0.1) is 11.8 Å². The van der Waals surface area contributed by atoms with Crippen molar-refractivity contribution >= 4 is 16.6 Å². The zero-order valence-corrected chi connectivity index (χ0v) is 12.9. The van der Waals surface area contributed by atoms with Gasteiger partial charge in [-0.15, -0.1) is 0 Å². The van der Waals surface area contributed by atoms with Crippen molar-refractivity contribution in [2.75, 3.05) is 0 Å². The van der Waals surface area contributed by atoms with Crippen molar-refractivity contribution in [1.82, 2.24) is 0 Å². The van der Waals surface area contributed by atoms with E-state index in [1.807, 2.05) is 0 Å². The molecule has 0 spiro atoms. The van der Waals surface area contributed by atoms with E-state index in [1.54, 1.807) is 0 Å². The molecule has 0 heterocycles. The van der Waals surface area contributed by atoms with E-state index in [-0.39, 0.29) is 5.60 Å². The van der Waals surface area contributed by atoms with Crippen LogP contribution in [0.15, 0.2) is 0 Å². The summed E-state index contributed by atoms with van der Waals surface area (Å²) >= 11 is 0.871. The molecule has 0 radical (unpaired) electrons. The van der Waals surface area contributed by atoms with Gasteiger partial charge < -0.3 is 3.79 Å². The molecule has 0 atom stereocenters. The molecular formula is C12H27AlO. The lowest BCUT2D eigenvalue weighted by Gasteiger charge is -2.37. The Balaban J connectivity index is 4.42. The zero-order valence-electron chi connectivity index (χ0n) is 10.9. The van der Waals surface area contributed by atoms with Crippen LogP contribution >= 0.6 is 0 Å². The average molecular weight is 214 g/mol. The lowest BCUT2D eigenvalue weighted by Crippen LogP contribution is -2.35. The highest BCUT2D eigenvalue weighted by molar-refractivity contribution is 5.98. The first kappa shape index (κ1) is 14.5. The van der Waals surface area contributed by atoms with Crippen LogP contribution in [0.25, 0.3) is 0 Å².